The maximum atomic E-state index is 12.6. The summed E-state index contributed by atoms with van der Waals surface area (Å²) in [6.07, 6.45) is -1.61. The molecule has 6 heteroatoms. The fraction of sp³-hybridized carbons (Fsp3) is 0.417. The number of nitrogens with zero attached hydrogens (tertiary/aromatic N) is 1. The molecule has 0 spiro atoms. The van der Waals surface area contributed by atoms with Crippen LogP contribution in [0.2, 0.25) is 5.02 Å². The van der Waals surface area contributed by atoms with Gasteiger partial charge in [0.1, 0.15) is 5.84 Å². The lowest BCUT2D eigenvalue weighted by Gasteiger charge is -2.15. The fourth-order valence-corrected chi connectivity index (χ4v) is 2.03. The lowest BCUT2D eigenvalue weighted by molar-refractivity contribution is -0.137. The molecule has 0 aliphatic carbocycles. The molecule has 0 atom stereocenters. The standard InChI is InChI=1S/C12H12ClF3N2/c13-9-5-8(12(14,15)16)6-10(7-9)18-11-3-1-2-4-17-11/h5-7H,1-4H2,(H,17,18). The highest BCUT2D eigenvalue weighted by molar-refractivity contribution is 6.31. The number of hydrogen-bond acceptors (Lipinski definition) is 2. The van der Waals surface area contributed by atoms with Crippen LogP contribution in [0.1, 0.15) is 24.8 Å². The van der Waals surface area contributed by atoms with Gasteiger partial charge in [-0.3, -0.25) is 4.99 Å². The maximum absolute atomic E-state index is 12.6. The Morgan fingerprint density at radius 1 is 1.17 bits per heavy atom. The van der Waals surface area contributed by atoms with Gasteiger partial charge in [0.2, 0.25) is 0 Å². The number of alkyl halides is 3. The van der Waals surface area contributed by atoms with Gasteiger partial charge < -0.3 is 5.32 Å². The second-order valence-electron chi connectivity index (χ2n) is 4.14. The van der Waals surface area contributed by atoms with E-state index in [1.165, 1.54) is 6.07 Å². The average molecular weight is 277 g/mol. The lowest BCUT2D eigenvalue weighted by Crippen LogP contribution is -2.16. The third-order valence-electron chi connectivity index (χ3n) is 2.64. The first-order valence-corrected chi connectivity index (χ1v) is 6.01. The molecule has 2 nitrogen and oxygen atoms in total. The van der Waals surface area contributed by atoms with E-state index < -0.39 is 11.7 Å². The van der Waals surface area contributed by atoms with Gasteiger partial charge in [-0.1, -0.05) is 11.6 Å². The molecule has 18 heavy (non-hydrogen) atoms. The molecule has 1 heterocycles. The van der Waals surface area contributed by atoms with Crippen molar-refractivity contribution in [1.82, 2.24) is 0 Å². The van der Waals surface area contributed by atoms with Gasteiger partial charge in [-0.05, 0) is 31.0 Å². The molecule has 0 unspecified atom stereocenters. The highest BCUT2D eigenvalue weighted by atomic mass is 35.5. The van der Waals surface area contributed by atoms with E-state index in [-0.39, 0.29) is 5.02 Å². The zero-order valence-corrected chi connectivity index (χ0v) is 10.3. The van der Waals surface area contributed by atoms with E-state index in [0.717, 1.165) is 43.8 Å². The molecular formula is C12H12ClF3N2. The van der Waals surface area contributed by atoms with E-state index in [9.17, 15) is 13.2 Å². The van der Waals surface area contributed by atoms with Crippen molar-refractivity contribution in [3.63, 3.8) is 0 Å². The molecule has 0 saturated carbocycles. The van der Waals surface area contributed by atoms with Crippen molar-refractivity contribution < 1.29 is 13.2 Å². The minimum absolute atomic E-state index is 0.0590. The van der Waals surface area contributed by atoms with Gasteiger partial charge in [0.15, 0.2) is 0 Å². The monoisotopic (exact) mass is 276 g/mol. The molecule has 1 aromatic carbocycles. The Bertz CT molecular complexity index is 469. The van der Waals surface area contributed by atoms with Crippen LogP contribution in [0.3, 0.4) is 0 Å². The second-order valence-corrected chi connectivity index (χ2v) is 4.57. The van der Waals surface area contributed by atoms with Crippen molar-refractivity contribution in [1.29, 1.82) is 0 Å². The van der Waals surface area contributed by atoms with Gasteiger partial charge in [0, 0.05) is 23.7 Å². The van der Waals surface area contributed by atoms with Crippen molar-refractivity contribution in [2.45, 2.75) is 25.4 Å². The normalized spacial score (nSPS) is 16.3. The number of nitrogens with one attached hydrogen (secondary N) is 1. The topological polar surface area (TPSA) is 24.4 Å². The molecule has 0 saturated heterocycles. The fourth-order valence-electron chi connectivity index (χ4n) is 1.79. The van der Waals surface area contributed by atoms with Gasteiger partial charge in [-0.2, -0.15) is 13.2 Å². The van der Waals surface area contributed by atoms with Crippen LogP contribution in [-0.4, -0.2) is 12.4 Å². The van der Waals surface area contributed by atoms with E-state index in [1.807, 2.05) is 0 Å². The summed E-state index contributed by atoms with van der Waals surface area (Å²) in [5.74, 6) is 0.719. The third kappa shape index (κ3) is 3.38. The molecule has 1 N–H and O–H groups in total. The summed E-state index contributed by atoms with van der Waals surface area (Å²) >= 11 is 5.69. The Hall–Kier alpha value is -1.23. The Labute approximate surface area is 108 Å². The van der Waals surface area contributed by atoms with Crippen LogP contribution >= 0.6 is 11.6 Å². The molecule has 98 valence electrons. The van der Waals surface area contributed by atoms with Crippen molar-refractivity contribution in [2.24, 2.45) is 4.99 Å². The lowest BCUT2D eigenvalue weighted by atomic mass is 10.1. The van der Waals surface area contributed by atoms with Crippen LogP contribution in [0.5, 0.6) is 0 Å². The molecule has 2 rings (SSSR count). The van der Waals surface area contributed by atoms with E-state index in [2.05, 4.69) is 10.3 Å². The van der Waals surface area contributed by atoms with Gasteiger partial charge in [-0.15, -0.1) is 0 Å². The maximum Gasteiger partial charge on any atom is 0.416 e. The summed E-state index contributed by atoms with van der Waals surface area (Å²) in [4.78, 5) is 4.23. The SMILES string of the molecule is FC(F)(F)c1cc(Cl)cc(NC2=NCCCC2)c1. The first-order valence-electron chi connectivity index (χ1n) is 5.63. The first kappa shape index (κ1) is 13.2. The van der Waals surface area contributed by atoms with Gasteiger partial charge in [-0.25, -0.2) is 0 Å². The van der Waals surface area contributed by atoms with Crippen LogP contribution in [-0.2, 0) is 6.18 Å². The van der Waals surface area contributed by atoms with Crippen molar-refractivity contribution in [2.75, 3.05) is 11.9 Å². The summed E-state index contributed by atoms with van der Waals surface area (Å²) in [6, 6.07) is 3.42. The largest absolute Gasteiger partial charge is 0.416 e. The minimum Gasteiger partial charge on any atom is -0.344 e. The number of anilines is 1. The summed E-state index contributed by atoms with van der Waals surface area (Å²) in [5.41, 5.74) is -0.426. The summed E-state index contributed by atoms with van der Waals surface area (Å²) < 4.78 is 37.8. The molecule has 1 aliphatic heterocycles. The zero-order valence-electron chi connectivity index (χ0n) is 9.52. The quantitative estimate of drug-likeness (QED) is 0.810. The first-order chi connectivity index (χ1) is 8.45. The van der Waals surface area contributed by atoms with Gasteiger partial charge in [0.05, 0.1) is 5.56 Å². The smallest absolute Gasteiger partial charge is 0.344 e. The number of aliphatic imine (C=N–C) groups is 1. The number of halogens is 4. The Morgan fingerprint density at radius 3 is 2.56 bits per heavy atom. The number of amidine groups is 1. The molecule has 0 bridgehead atoms. The van der Waals surface area contributed by atoms with Crippen molar-refractivity contribution in [3.8, 4) is 0 Å². The van der Waals surface area contributed by atoms with Crippen molar-refractivity contribution in [3.05, 3.63) is 28.8 Å². The van der Waals surface area contributed by atoms with E-state index in [0.29, 0.717) is 5.69 Å². The highest BCUT2D eigenvalue weighted by Gasteiger charge is 2.31. The predicted octanol–water partition coefficient (Wildman–Crippen LogP) is 4.35. The number of hydrogen-bond donors (Lipinski definition) is 1. The van der Waals surface area contributed by atoms with E-state index >= 15 is 0 Å². The number of rotatable bonds is 1. The third-order valence-corrected chi connectivity index (χ3v) is 2.86. The molecule has 0 aromatic heterocycles. The molecule has 0 amide bonds. The highest BCUT2D eigenvalue weighted by Crippen LogP contribution is 2.33. The van der Waals surface area contributed by atoms with Crippen LogP contribution in [0.4, 0.5) is 18.9 Å². The molecule has 1 aromatic rings. The minimum atomic E-state index is -4.39. The zero-order chi connectivity index (χ0) is 13.2. The van der Waals surface area contributed by atoms with Crippen LogP contribution < -0.4 is 5.32 Å². The molecule has 0 fully saturated rings. The summed E-state index contributed by atoms with van der Waals surface area (Å²) in [6.45, 7) is 0.717. The summed E-state index contributed by atoms with van der Waals surface area (Å²) in [7, 11) is 0. The van der Waals surface area contributed by atoms with Gasteiger partial charge in [0.25, 0.3) is 0 Å². The average Bonchev–Trinajstić information content (AvgIpc) is 2.28. The summed E-state index contributed by atoms with van der Waals surface area (Å²) in [5, 5.41) is 2.96. The molecular weight excluding hydrogens is 265 g/mol. The Kier molecular flexibility index (Phi) is 3.80. The van der Waals surface area contributed by atoms with Crippen LogP contribution in [0.25, 0.3) is 0 Å². The molecule has 0 radical (unpaired) electrons. The number of benzene rings is 1. The Morgan fingerprint density at radius 2 is 1.94 bits per heavy atom. The van der Waals surface area contributed by atoms with Crippen LogP contribution in [0.15, 0.2) is 23.2 Å². The predicted molar refractivity (Wildman–Crippen MR) is 66.2 cm³/mol. The van der Waals surface area contributed by atoms with Gasteiger partial charge >= 0.3 is 6.18 Å². The van der Waals surface area contributed by atoms with E-state index in [1.54, 1.807) is 0 Å². The Balaban J connectivity index is 2.22. The van der Waals surface area contributed by atoms with E-state index in [4.69, 9.17) is 11.6 Å². The van der Waals surface area contributed by atoms with Crippen LogP contribution in [0, 0.1) is 0 Å². The van der Waals surface area contributed by atoms with Crippen molar-refractivity contribution >= 4 is 23.1 Å². The second kappa shape index (κ2) is 5.18. The molecule has 1 aliphatic rings.